The maximum absolute atomic E-state index is 13.3. The van der Waals surface area contributed by atoms with E-state index in [2.05, 4.69) is 68.7 Å². The highest BCUT2D eigenvalue weighted by atomic mass is 16.5. The lowest BCUT2D eigenvalue weighted by atomic mass is 9.85. The van der Waals surface area contributed by atoms with Crippen molar-refractivity contribution in [1.29, 1.82) is 0 Å². The van der Waals surface area contributed by atoms with Crippen LogP contribution < -0.4 is 4.74 Å². The summed E-state index contributed by atoms with van der Waals surface area (Å²) < 4.78 is 5.99. The fourth-order valence-electron chi connectivity index (χ4n) is 3.44. The average molecular weight is 437 g/mol. The van der Waals surface area contributed by atoms with E-state index in [0.717, 1.165) is 37.3 Å². The molecule has 4 heteroatoms. The highest BCUT2D eigenvalue weighted by molar-refractivity contribution is 6.08. The number of likely N-dealkylation sites (N-methyl/N-ethyl adjacent to an activating group) is 1. The van der Waals surface area contributed by atoms with Crippen molar-refractivity contribution < 1.29 is 9.53 Å². The normalized spacial score (nSPS) is 12.2. The van der Waals surface area contributed by atoms with Gasteiger partial charge in [-0.1, -0.05) is 71.0 Å². The van der Waals surface area contributed by atoms with E-state index < -0.39 is 0 Å². The first-order chi connectivity index (χ1) is 15.2. The maximum atomic E-state index is 13.3. The van der Waals surface area contributed by atoms with Crippen molar-refractivity contribution in [2.45, 2.75) is 46.6 Å². The molecule has 0 spiro atoms. The van der Waals surface area contributed by atoms with Crippen LogP contribution in [0, 0.1) is 0 Å². The smallest absolute Gasteiger partial charge is 0.189 e. The molecule has 0 amide bonds. The number of hydrogen-bond donors (Lipinski definition) is 0. The SMILES string of the molecule is CCN(CC)Cc1ccccc1/C=C/C(=O)c1cc(C(C)(C)C)ccc1OCCN(C)C. The minimum Gasteiger partial charge on any atom is -0.491 e. The molecule has 2 aromatic rings. The summed E-state index contributed by atoms with van der Waals surface area (Å²) in [7, 11) is 4.02. The molecule has 2 rings (SSSR count). The Hall–Kier alpha value is -2.43. The Morgan fingerprint density at radius 3 is 2.34 bits per heavy atom. The van der Waals surface area contributed by atoms with Crippen LogP contribution in [-0.2, 0) is 12.0 Å². The van der Waals surface area contributed by atoms with Crippen LogP contribution in [0.15, 0.2) is 48.5 Å². The third-order valence-corrected chi connectivity index (χ3v) is 5.66. The number of benzene rings is 2. The number of allylic oxidation sites excluding steroid dienone is 1. The molecule has 0 aliphatic carbocycles. The average Bonchev–Trinajstić information content (AvgIpc) is 2.75. The number of ether oxygens (including phenoxy) is 1. The fraction of sp³-hybridized carbons (Fsp3) is 0.464. The van der Waals surface area contributed by atoms with Crippen LogP contribution in [0.3, 0.4) is 0 Å². The van der Waals surface area contributed by atoms with Crippen molar-refractivity contribution in [2.24, 2.45) is 0 Å². The summed E-state index contributed by atoms with van der Waals surface area (Å²) in [5, 5.41) is 0. The van der Waals surface area contributed by atoms with Crippen molar-refractivity contribution in [3.63, 3.8) is 0 Å². The Morgan fingerprint density at radius 2 is 1.72 bits per heavy atom. The van der Waals surface area contributed by atoms with Gasteiger partial charge in [-0.25, -0.2) is 0 Å². The first kappa shape index (κ1) is 25.8. The molecular weight excluding hydrogens is 396 g/mol. The number of hydrogen-bond acceptors (Lipinski definition) is 4. The molecule has 174 valence electrons. The summed E-state index contributed by atoms with van der Waals surface area (Å²) in [5.41, 5.74) is 4.00. The zero-order valence-electron chi connectivity index (χ0n) is 20.9. The standard InChI is InChI=1S/C28H40N2O2/c1-8-30(9-2)21-23-13-11-10-12-22(23)14-16-26(31)25-20-24(28(3,4)5)15-17-27(25)32-19-18-29(6)7/h10-17,20H,8-9,18-19,21H2,1-7H3/b16-14+. The Kier molecular flexibility index (Phi) is 9.67. The summed E-state index contributed by atoms with van der Waals surface area (Å²) in [6.45, 7) is 15.0. The van der Waals surface area contributed by atoms with Crippen molar-refractivity contribution in [1.82, 2.24) is 9.80 Å². The molecule has 0 aliphatic heterocycles. The number of carbonyl (C=O) groups is 1. The van der Waals surface area contributed by atoms with Gasteiger partial charge in [-0.2, -0.15) is 0 Å². The third kappa shape index (κ3) is 7.61. The van der Waals surface area contributed by atoms with Gasteiger partial charge in [-0.05, 0) is 67.5 Å². The minimum atomic E-state index is -0.0444. The Balaban J connectivity index is 2.32. The van der Waals surface area contributed by atoms with Gasteiger partial charge < -0.3 is 9.64 Å². The van der Waals surface area contributed by atoms with E-state index in [1.54, 1.807) is 6.08 Å². The quantitative estimate of drug-likeness (QED) is 0.336. The van der Waals surface area contributed by atoms with E-state index >= 15 is 0 Å². The maximum Gasteiger partial charge on any atom is 0.189 e. The van der Waals surface area contributed by atoms with Gasteiger partial charge in [0.25, 0.3) is 0 Å². The lowest BCUT2D eigenvalue weighted by molar-refractivity contribution is 0.104. The minimum absolute atomic E-state index is 0.0337. The van der Waals surface area contributed by atoms with Gasteiger partial charge in [0.05, 0.1) is 5.56 Å². The zero-order chi connectivity index (χ0) is 23.7. The Labute approximate surface area is 194 Å². The zero-order valence-corrected chi connectivity index (χ0v) is 20.9. The highest BCUT2D eigenvalue weighted by Crippen LogP contribution is 2.29. The molecule has 4 nitrogen and oxygen atoms in total. The van der Waals surface area contributed by atoms with E-state index in [0.29, 0.717) is 17.9 Å². The van der Waals surface area contributed by atoms with E-state index in [1.165, 1.54) is 5.56 Å². The molecular formula is C28H40N2O2. The molecule has 0 radical (unpaired) electrons. The molecule has 0 bridgehead atoms. The fourth-order valence-corrected chi connectivity index (χ4v) is 3.44. The molecule has 0 fully saturated rings. The number of carbonyl (C=O) groups excluding carboxylic acids is 1. The molecule has 0 atom stereocenters. The summed E-state index contributed by atoms with van der Waals surface area (Å²) in [4.78, 5) is 17.7. The van der Waals surface area contributed by atoms with Crippen LogP contribution in [0.25, 0.3) is 6.08 Å². The van der Waals surface area contributed by atoms with Gasteiger partial charge in [0.2, 0.25) is 0 Å². The van der Waals surface area contributed by atoms with Crippen molar-refractivity contribution >= 4 is 11.9 Å². The molecule has 0 aromatic heterocycles. The van der Waals surface area contributed by atoms with Gasteiger partial charge in [0.1, 0.15) is 12.4 Å². The van der Waals surface area contributed by atoms with Gasteiger partial charge in [0, 0.05) is 13.1 Å². The summed E-state index contributed by atoms with van der Waals surface area (Å²) >= 11 is 0. The van der Waals surface area contributed by atoms with Crippen LogP contribution in [0.5, 0.6) is 5.75 Å². The van der Waals surface area contributed by atoms with Gasteiger partial charge >= 0.3 is 0 Å². The second-order valence-corrected chi connectivity index (χ2v) is 9.47. The largest absolute Gasteiger partial charge is 0.491 e. The van der Waals surface area contributed by atoms with Crippen LogP contribution in [0.2, 0.25) is 0 Å². The monoisotopic (exact) mass is 436 g/mol. The van der Waals surface area contributed by atoms with Gasteiger partial charge in [0.15, 0.2) is 5.78 Å². The second-order valence-electron chi connectivity index (χ2n) is 9.47. The predicted molar refractivity (Wildman–Crippen MR) is 136 cm³/mol. The molecule has 0 heterocycles. The summed E-state index contributed by atoms with van der Waals surface area (Å²) in [6.07, 6.45) is 3.62. The van der Waals surface area contributed by atoms with Crippen molar-refractivity contribution in [3.05, 3.63) is 70.8 Å². The molecule has 32 heavy (non-hydrogen) atoms. The molecule has 0 saturated heterocycles. The van der Waals surface area contributed by atoms with E-state index in [-0.39, 0.29) is 11.2 Å². The highest BCUT2D eigenvalue weighted by Gasteiger charge is 2.19. The first-order valence-corrected chi connectivity index (χ1v) is 11.6. The van der Waals surface area contributed by atoms with Crippen molar-refractivity contribution in [2.75, 3.05) is 40.3 Å². The first-order valence-electron chi connectivity index (χ1n) is 11.6. The molecule has 0 aliphatic rings. The lowest BCUT2D eigenvalue weighted by Gasteiger charge is -2.21. The van der Waals surface area contributed by atoms with Crippen molar-refractivity contribution in [3.8, 4) is 5.75 Å². The van der Waals surface area contributed by atoms with Gasteiger partial charge in [-0.3, -0.25) is 9.69 Å². The Bertz CT molecular complexity index is 906. The number of rotatable bonds is 11. The predicted octanol–water partition coefficient (Wildman–Crippen LogP) is 5.66. The summed E-state index contributed by atoms with van der Waals surface area (Å²) in [5.74, 6) is 0.611. The molecule has 0 N–H and O–H groups in total. The molecule has 0 saturated carbocycles. The number of ketones is 1. The van der Waals surface area contributed by atoms with Crippen LogP contribution in [0.4, 0.5) is 0 Å². The topological polar surface area (TPSA) is 32.8 Å². The van der Waals surface area contributed by atoms with E-state index in [9.17, 15) is 4.79 Å². The second kappa shape index (κ2) is 12.0. The van der Waals surface area contributed by atoms with Gasteiger partial charge in [-0.15, -0.1) is 0 Å². The van der Waals surface area contributed by atoms with Crippen LogP contribution in [-0.4, -0.2) is 55.9 Å². The van der Waals surface area contributed by atoms with E-state index in [1.807, 2.05) is 38.4 Å². The number of nitrogens with zero attached hydrogens (tertiary/aromatic N) is 2. The Morgan fingerprint density at radius 1 is 1.03 bits per heavy atom. The van der Waals surface area contributed by atoms with Crippen LogP contribution >= 0.6 is 0 Å². The lowest BCUT2D eigenvalue weighted by Crippen LogP contribution is -2.22. The molecule has 0 unspecified atom stereocenters. The summed E-state index contributed by atoms with van der Waals surface area (Å²) in [6, 6.07) is 14.3. The van der Waals surface area contributed by atoms with Crippen LogP contribution in [0.1, 0.15) is 61.7 Å². The third-order valence-electron chi connectivity index (χ3n) is 5.66. The van der Waals surface area contributed by atoms with E-state index in [4.69, 9.17) is 4.74 Å². The molecule has 2 aromatic carbocycles.